The van der Waals surface area contributed by atoms with Crippen molar-refractivity contribution in [3.63, 3.8) is 0 Å². The molecule has 3 heterocycles. The van der Waals surface area contributed by atoms with Crippen LogP contribution in [0.2, 0.25) is 0 Å². The van der Waals surface area contributed by atoms with Crippen molar-refractivity contribution < 1.29 is 28.5 Å². The number of carbonyl (C=O) groups excluding carboxylic acids is 1. The molecule has 10 heteroatoms. The van der Waals surface area contributed by atoms with E-state index in [1.807, 2.05) is 19.1 Å². The molecule has 3 aromatic rings. The molecule has 3 aromatic heterocycles. The maximum atomic E-state index is 13.1. The summed E-state index contributed by atoms with van der Waals surface area (Å²) in [6, 6.07) is 9.87. The van der Waals surface area contributed by atoms with E-state index in [0.717, 1.165) is 11.1 Å². The molecular weight excluding hydrogens is 518 g/mol. The van der Waals surface area contributed by atoms with Gasteiger partial charge in [-0.05, 0) is 101 Å². The lowest BCUT2D eigenvalue weighted by Gasteiger charge is -2.37. The third-order valence-corrected chi connectivity index (χ3v) is 7.26. The predicted molar refractivity (Wildman–Crippen MR) is 147 cm³/mol. The summed E-state index contributed by atoms with van der Waals surface area (Å²) in [7, 11) is 0. The highest BCUT2D eigenvalue weighted by Gasteiger charge is 2.39. The number of aryl methyl sites for hydroxylation is 1. The predicted octanol–water partition coefficient (Wildman–Crippen LogP) is 5.86. The molecule has 0 aromatic carbocycles. The molecule has 0 bridgehead atoms. The fraction of sp³-hybridized carbons (Fsp3) is 0.467. The van der Waals surface area contributed by atoms with Gasteiger partial charge in [-0.2, -0.15) is 0 Å². The molecule has 1 atom stereocenters. The van der Waals surface area contributed by atoms with E-state index in [0.29, 0.717) is 42.9 Å². The molecule has 1 aliphatic carbocycles. The van der Waals surface area contributed by atoms with E-state index in [1.54, 1.807) is 39.1 Å². The molecule has 4 rings (SSSR count). The molecule has 8 nitrogen and oxygen atoms in total. The van der Waals surface area contributed by atoms with Gasteiger partial charge in [-0.1, -0.05) is 0 Å². The van der Waals surface area contributed by atoms with Crippen molar-refractivity contribution in [3.8, 4) is 11.3 Å². The second kappa shape index (κ2) is 11.9. The summed E-state index contributed by atoms with van der Waals surface area (Å²) in [6.45, 7) is 6.79. The van der Waals surface area contributed by atoms with E-state index < -0.39 is 17.6 Å². The molecule has 0 spiro atoms. The number of alkyl halides is 2. The van der Waals surface area contributed by atoms with E-state index >= 15 is 0 Å². The van der Waals surface area contributed by atoms with Crippen molar-refractivity contribution in [2.75, 3.05) is 11.9 Å². The van der Waals surface area contributed by atoms with Crippen LogP contribution in [0.5, 0.6) is 0 Å². The number of aliphatic hydroxyl groups is 2. The lowest BCUT2D eigenvalue weighted by atomic mass is 9.73. The standard InChI is InChI=1S/C30H36F2N4O4/c1-18-13-23(35-26(14-18)36-25-15-20(27(31)32)11-12-33-25)21-7-10-24(34-16-21)30(4,39)22-8-5-19(6-9-22)28(37)40-17-29(2,3)38/h7,10-16,19,22,27,38-39H,5-6,8-9,17H2,1-4H3,(H,33,35,36)/t19-,22-,30-/m1/s1. The smallest absolute Gasteiger partial charge is 0.309 e. The Hall–Kier alpha value is -3.50. The van der Waals surface area contributed by atoms with E-state index in [1.165, 1.54) is 18.3 Å². The molecule has 0 unspecified atom stereocenters. The number of anilines is 2. The van der Waals surface area contributed by atoms with Crippen molar-refractivity contribution in [3.05, 3.63) is 65.6 Å². The van der Waals surface area contributed by atoms with Gasteiger partial charge in [0.15, 0.2) is 0 Å². The van der Waals surface area contributed by atoms with Crippen LogP contribution in [-0.2, 0) is 15.1 Å². The minimum Gasteiger partial charge on any atom is -0.462 e. The van der Waals surface area contributed by atoms with Crippen molar-refractivity contribution in [1.29, 1.82) is 0 Å². The normalized spacial score (nSPS) is 19.2. The number of ether oxygens (including phenoxy) is 1. The fourth-order valence-corrected chi connectivity index (χ4v) is 4.97. The molecule has 214 valence electrons. The minimum atomic E-state index is -2.59. The first-order chi connectivity index (χ1) is 18.8. The Kier molecular flexibility index (Phi) is 8.80. The van der Waals surface area contributed by atoms with Crippen molar-refractivity contribution in [2.45, 2.75) is 71.0 Å². The van der Waals surface area contributed by atoms with Gasteiger partial charge in [0.25, 0.3) is 6.43 Å². The van der Waals surface area contributed by atoms with Crippen LogP contribution < -0.4 is 5.32 Å². The molecule has 1 aliphatic rings. The minimum absolute atomic E-state index is 0.0458. The van der Waals surface area contributed by atoms with Crippen molar-refractivity contribution in [1.82, 2.24) is 15.0 Å². The Morgan fingerprint density at radius 1 is 1.05 bits per heavy atom. The largest absolute Gasteiger partial charge is 0.462 e. The highest BCUT2D eigenvalue weighted by Crippen LogP contribution is 2.41. The summed E-state index contributed by atoms with van der Waals surface area (Å²) in [5, 5.41) is 24.2. The Morgan fingerprint density at radius 3 is 2.40 bits per heavy atom. The third kappa shape index (κ3) is 7.37. The van der Waals surface area contributed by atoms with Gasteiger partial charge in [0.05, 0.1) is 22.9 Å². The summed E-state index contributed by atoms with van der Waals surface area (Å²) in [4.78, 5) is 25.7. The first kappa shape index (κ1) is 29.5. The second-order valence-electron chi connectivity index (χ2n) is 11.4. The molecule has 1 fully saturated rings. The van der Waals surface area contributed by atoms with Crippen molar-refractivity contribution in [2.24, 2.45) is 11.8 Å². The van der Waals surface area contributed by atoms with E-state index in [4.69, 9.17) is 4.74 Å². The topological polar surface area (TPSA) is 117 Å². The van der Waals surface area contributed by atoms with Crippen molar-refractivity contribution >= 4 is 17.6 Å². The summed E-state index contributed by atoms with van der Waals surface area (Å²) in [5.74, 6) is 0.107. The average Bonchev–Trinajstić information content (AvgIpc) is 2.91. The summed E-state index contributed by atoms with van der Waals surface area (Å²) in [6.07, 6.45) is 2.88. The van der Waals surface area contributed by atoms with Crippen LogP contribution in [0.3, 0.4) is 0 Å². The summed E-state index contributed by atoms with van der Waals surface area (Å²) in [5.41, 5.74) is 0.426. The van der Waals surface area contributed by atoms with Crippen LogP contribution in [0.1, 0.15) is 69.7 Å². The van der Waals surface area contributed by atoms with Crippen LogP contribution >= 0.6 is 0 Å². The zero-order chi connectivity index (χ0) is 29.1. The van der Waals surface area contributed by atoms with Gasteiger partial charge >= 0.3 is 5.97 Å². The lowest BCUT2D eigenvalue weighted by Crippen LogP contribution is -2.37. The lowest BCUT2D eigenvalue weighted by molar-refractivity contribution is -0.157. The molecule has 0 saturated heterocycles. The van der Waals surface area contributed by atoms with E-state index in [-0.39, 0.29) is 35.8 Å². The van der Waals surface area contributed by atoms with E-state index in [2.05, 4.69) is 20.3 Å². The molecular formula is C30H36F2N4O4. The van der Waals surface area contributed by atoms with Gasteiger partial charge in [0.2, 0.25) is 0 Å². The first-order valence-corrected chi connectivity index (χ1v) is 13.4. The number of nitrogens with one attached hydrogen (secondary N) is 1. The number of hydrogen-bond donors (Lipinski definition) is 3. The van der Waals surface area contributed by atoms with Crippen LogP contribution in [0, 0.1) is 18.8 Å². The average molecular weight is 555 g/mol. The highest BCUT2D eigenvalue weighted by molar-refractivity contribution is 5.72. The number of nitrogens with zero attached hydrogens (tertiary/aromatic N) is 3. The molecule has 0 amide bonds. The Bertz CT molecular complexity index is 1320. The number of esters is 1. The number of rotatable bonds is 9. The van der Waals surface area contributed by atoms with Gasteiger partial charge < -0.3 is 20.3 Å². The SMILES string of the molecule is Cc1cc(Nc2cc(C(F)F)ccn2)nc(-c2ccc([C@](C)(O)[C@H]3CC[C@H](C(=O)OCC(C)(C)O)CC3)nc2)c1. The van der Waals surface area contributed by atoms with Gasteiger partial charge in [-0.25, -0.2) is 18.7 Å². The maximum Gasteiger partial charge on any atom is 0.309 e. The van der Waals surface area contributed by atoms with Gasteiger partial charge in [-0.15, -0.1) is 0 Å². The molecule has 40 heavy (non-hydrogen) atoms. The second-order valence-corrected chi connectivity index (χ2v) is 11.4. The van der Waals surface area contributed by atoms with Gasteiger partial charge in [0.1, 0.15) is 23.8 Å². The third-order valence-electron chi connectivity index (χ3n) is 7.26. The fourth-order valence-electron chi connectivity index (χ4n) is 4.97. The zero-order valence-corrected chi connectivity index (χ0v) is 23.2. The zero-order valence-electron chi connectivity index (χ0n) is 23.2. The number of aromatic nitrogens is 3. The number of hydrogen-bond acceptors (Lipinski definition) is 8. The molecule has 1 saturated carbocycles. The van der Waals surface area contributed by atoms with Gasteiger partial charge in [0, 0.05) is 23.5 Å². The first-order valence-electron chi connectivity index (χ1n) is 13.4. The maximum absolute atomic E-state index is 13.1. The number of halogens is 2. The molecule has 0 radical (unpaired) electrons. The highest BCUT2D eigenvalue weighted by atomic mass is 19.3. The Morgan fingerprint density at radius 2 is 1.77 bits per heavy atom. The van der Waals surface area contributed by atoms with Crippen LogP contribution in [0.4, 0.5) is 20.4 Å². The Balaban J connectivity index is 1.43. The van der Waals surface area contributed by atoms with Crippen LogP contribution in [-0.4, -0.2) is 43.3 Å². The van der Waals surface area contributed by atoms with Crippen LogP contribution in [0.15, 0.2) is 48.8 Å². The Labute approximate surface area is 232 Å². The van der Waals surface area contributed by atoms with Gasteiger partial charge in [-0.3, -0.25) is 9.78 Å². The quantitative estimate of drug-likeness (QED) is 0.282. The number of carbonyl (C=O) groups is 1. The van der Waals surface area contributed by atoms with E-state index in [9.17, 15) is 23.8 Å². The monoisotopic (exact) mass is 554 g/mol. The van der Waals surface area contributed by atoms with Crippen LogP contribution in [0.25, 0.3) is 11.3 Å². The number of pyridine rings is 3. The molecule has 3 N–H and O–H groups in total. The molecule has 0 aliphatic heterocycles. The summed E-state index contributed by atoms with van der Waals surface area (Å²) < 4.78 is 31.4. The summed E-state index contributed by atoms with van der Waals surface area (Å²) >= 11 is 0.